The van der Waals surface area contributed by atoms with Crippen LogP contribution in [0, 0.1) is 19.7 Å². The van der Waals surface area contributed by atoms with E-state index in [1.165, 1.54) is 6.07 Å². The zero-order valence-electron chi connectivity index (χ0n) is 14.8. The van der Waals surface area contributed by atoms with Gasteiger partial charge in [-0.2, -0.15) is 0 Å². The summed E-state index contributed by atoms with van der Waals surface area (Å²) < 4.78 is 13.6. The minimum Gasteiger partial charge on any atom is -0.233 e. The lowest BCUT2D eigenvalue weighted by Gasteiger charge is -2.09. The number of aryl methyl sites for hydroxylation is 2. The van der Waals surface area contributed by atoms with Crippen LogP contribution >= 0.6 is 0 Å². The van der Waals surface area contributed by atoms with E-state index in [1.54, 1.807) is 13.0 Å². The number of hydrogen-bond acceptors (Lipinski definition) is 2. The molecule has 0 N–H and O–H groups in total. The molecule has 0 radical (unpaired) electrons. The summed E-state index contributed by atoms with van der Waals surface area (Å²) in [6.07, 6.45) is 7.35. The number of aromatic nitrogens is 2. The van der Waals surface area contributed by atoms with Crippen molar-refractivity contribution in [1.29, 1.82) is 0 Å². The van der Waals surface area contributed by atoms with Gasteiger partial charge in [-0.05, 0) is 66.8 Å². The van der Waals surface area contributed by atoms with E-state index < -0.39 is 0 Å². The van der Waals surface area contributed by atoms with Crippen LogP contribution in [-0.2, 0) is 0 Å². The molecule has 0 spiro atoms. The summed E-state index contributed by atoms with van der Waals surface area (Å²) in [4.78, 5) is 9.38. The normalized spacial score (nSPS) is 13.1. The van der Waals surface area contributed by atoms with Crippen molar-refractivity contribution in [2.24, 2.45) is 0 Å². The van der Waals surface area contributed by atoms with Crippen molar-refractivity contribution in [1.82, 2.24) is 9.97 Å². The van der Waals surface area contributed by atoms with E-state index in [0.717, 1.165) is 40.1 Å². The van der Waals surface area contributed by atoms with Gasteiger partial charge in [0.25, 0.3) is 0 Å². The molecule has 0 saturated carbocycles. The zero-order chi connectivity index (χ0) is 18.1. The summed E-state index contributed by atoms with van der Waals surface area (Å²) in [5.41, 5.74) is 6.64. The molecule has 26 heavy (non-hydrogen) atoms. The third-order valence-corrected chi connectivity index (χ3v) is 4.53. The number of halogens is 1. The molecule has 0 saturated heterocycles. The molecule has 1 aliphatic carbocycles. The number of allylic oxidation sites excluding steroid dienone is 4. The Balaban J connectivity index is 1.77. The van der Waals surface area contributed by atoms with Crippen molar-refractivity contribution in [2.45, 2.75) is 20.3 Å². The van der Waals surface area contributed by atoms with Crippen molar-refractivity contribution in [3.05, 3.63) is 89.5 Å². The van der Waals surface area contributed by atoms with E-state index in [0.29, 0.717) is 11.4 Å². The summed E-state index contributed by atoms with van der Waals surface area (Å²) in [6.45, 7) is 3.77. The van der Waals surface area contributed by atoms with Gasteiger partial charge in [0.15, 0.2) is 5.82 Å². The van der Waals surface area contributed by atoms with Crippen LogP contribution in [0.5, 0.6) is 0 Å². The summed E-state index contributed by atoms with van der Waals surface area (Å²) >= 11 is 0. The second kappa shape index (κ2) is 6.68. The molecule has 3 aromatic rings. The van der Waals surface area contributed by atoms with E-state index in [2.05, 4.69) is 29.3 Å². The van der Waals surface area contributed by atoms with Crippen molar-refractivity contribution in [3.63, 3.8) is 0 Å². The van der Waals surface area contributed by atoms with Crippen molar-refractivity contribution >= 4 is 5.57 Å². The highest BCUT2D eigenvalue weighted by molar-refractivity contribution is 5.76. The van der Waals surface area contributed by atoms with Gasteiger partial charge in [-0.25, -0.2) is 14.4 Å². The van der Waals surface area contributed by atoms with Crippen LogP contribution in [0.1, 0.15) is 23.4 Å². The lowest BCUT2D eigenvalue weighted by atomic mass is 10.0. The molecule has 1 aliphatic rings. The van der Waals surface area contributed by atoms with Crippen LogP contribution in [0.25, 0.3) is 28.1 Å². The summed E-state index contributed by atoms with van der Waals surface area (Å²) in [6, 6.07) is 15.3. The Morgan fingerprint density at radius 2 is 1.69 bits per heavy atom. The van der Waals surface area contributed by atoms with E-state index >= 15 is 0 Å². The molecular weight excluding hydrogens is 323 g/mol. The van der Waals surface area contributed by atoms with E-state index in [4.69, 9.17) is 4.98 Å². The second-order valence-corrected chi connectivity index (χ2v) is 6.56. The standard InChI is InChI=1S/C23H19FN2/c1-15-12-19(10-11-21(15)24)18-8-5-9-20(14-18)23-25-16(2)13-22(26-23)17-6-3-4-7-17/h3,5-14H,4H2,1-2H3. The fourth-order valence-electron chi connectivity index (χ4n) is 3.16. The van der Waals surface area contributed by atoms with Crippen LogP contribution in [0.2, 0.25) is 0 Å². The van der Waals surface area contributed by atoms with Crippen molar-refractivity contribution < 1.29 is 4.39 Å². The van der Waals surface area contributed by atoms with E-state index in [1.807, 2.05) is 37.3 Å². The Morgan fingerprint density at radius 3 is 2.46 bits per heavy atom. The van der Waals surface area contributed by atoms with Crippen LogP contribution in [-0.4, -0.2) is 9.97 Å². The Bertz CT molecular complexity index is 1050. The molecule has 3 heteroatoms. The first-order valence-electron chi connectivity index (χ1n) is 8.70. The largest absolute Gasteiger partial charge is 0.233 e. The van der Waals surface area contributed by atoms with Gasteiger partial charge in [-0.15, -0.1) is 0 Å². The predicted octanol–water partition coefficient (Wildman–Crippen LogP) is 5.91. The molecule has 0 unspecified atom stereocenters. The molecule has 1 aromatic heterocycles. The van der Waals surface area contributed by atoms with Gasteiger partial charge in [0.1, 0.15) is 5.82 Å². The Kier molecular flexibility index (Phi) is 4.21. The van der Waals surface area contributed by atoms with Crippen molar-refractivity contribution in [2.75, 3.05) is 0 Å². The first kappa shape index (κ1) is 16.4. The summed E-state index contributed by atoms with van der Waals surface area (Å²) in [5, 5.41) is 0. The molecule has 0 amide bonds. The second-order valence-electron chi connectivity index (χ2n) is 6.56. The van der Waals surface area contributed by atoms with Gasteiger partial charge in [0.05, 0.1) is 5.69 Å². The maximum Gasteiger partial charge on any atom is 0.160 e. The molecule has 0 bridgehead atoms. The predicted molar refractivity (Wildman–Crippen MR) is 104 cm³/mol. The van der Waals surface area contributed by atoms with Crippen LogP contribution in [0.15, 0.2) is 66.8 Å². The molecule has 128 valence electrons. The lowest BCUT2D eigenvalue weighted by Crippen LogP contribution is -1.97. The molecule has 1 heterocycles. The van der Waals surface area contributed by atoms with Gasteiger partial charge in [-0.1, -0.05) is 42.5 Å². The average Bonchev–Trinajstić information content (AvgIpc) is 3.18. The van der Waals surface area contributed by atoms with Gasteiger partial charge < -0.3 is 0 Å². The first-order chi connectivity index (χ1) is 12.6. The molecule has 2 nitrogen and oxygen atoms in total. The third-order valence-electron chi connectivity index (χ3n) is 4.53. The first-order valence-corrected chi connectivity index (χ1v) is 8.70. The van der Waals surface area contributed by atoms with Crippen LogP contribution in [0.3, 0.4) is 0 Å². The van der Waals surface area contributed by atoms with Gasteiger partial charge in [0, 0.05) is 11.3 Å². The minimum absolute atomic E-state index is 0.186. The monoisotopic (exact) mass is 342 g/mol. The maximum absolute atomic E-state index is 13.6. The number of nitrogens with zero attached hydrogens (tertiary/aromatic N) is 2. The molecule has 0 fully saturated rings. The van der Waals surface area contributed by atoms with Crippen LogP contribution < -0.4 is 0 Å². The highest BCUT2D eigenvalue weighted by atomic mass is 19.1. The SMILES string of the molecule is Cc1cc(C2=CCC=C2)nc(-c2cccc(-c3ccc(F)c(C)c3)c2)n1. The van der Waals surface area contributed by atoms with E-state index in [-0.39, 0.29) is 5.82 Å². The molecular formula is C23H19FN2. The third kappa shape index (κ3) is 3.21. The quantitative estimate of drug-likeness (QED) is 0.591. The number of hydrogen-bond donors (Lipinski definition) is 0. The molecule has 2 aromatic carbocycles. The van der Waals surface area contributed by atoms with Gasteiger partial charge in [0.2, 0.25) is 0 Å². The molecule has 0 aliphatic heterocycles. The van der Waals surface area contributed by atoms with E-state index in [9.17, 15) is 4.39 Å². The van der Waals surface area contributed by atoms with Crippen LogP contribution in [0.4, 0.5) is 4.39 Å². The van der Waals surface area contributed by atoms with Crippen molar-refractivity contribution in [3.8, 4) is 22.5 Å². The highest BCUT2D eigenvalue weighted by Crippen LogP contribution is 2.28. The highest BCUT2D eigenvalue weighted by Gasteiger charge is 2.10. The number of benzene rings is 2. The maximum atomic E-state index is 13.6. The Labute approximate surface area is 152 Å². The summed E-state index contributed by atoms with van der Waals surface area (Å²) in [7, 11) is 0. The fraction of sp³-hybridized carbons (Fsp3) is 0.130. The van der Waals surface area contributed by atoms with Gasteiger partial charge >= 0.3 is 0 Å². The topological polar surface area (TPSA) is 25.8 Å². The fourth-order valence-corrected chi connectivity index (χ4v) is 3.16. The smallest absolute Gasteiger partial charge is 0.160 e. The zero-order valence-corrected chi connectivity index (χ0v) is 14.8. The number of rotatable bonds is 3. The van der Waals surface area contributed by atoms with Gasteiger partial charge in [-0.3, -0.25) is 0 Å². The Morgan fingerprint density at radius 1 is 0.885 bits per heavy atom. The molecule has 0 atom stereocenters. The lowest BCUT2D eigenvalue weighted by molar-refractivity contribution is 0.619. The summed E-state index contributed by atoms with van der Waals surface area (Å²) in [5.74, 6) is 0.524. The Hall–Kier alpha value is -3.07. The molecule has 4 rings (SSSR count). The minimum atomic E-state index is -0.186. The average molecular weight is 342 g/mol.